The van der Waals surface area contributed by atoms with Crippen LogP contribution in [0.2, 0.25) is 0 Å². The first-order valence-corrected chi connectivity index (χ1v) is 7.24. The molecule has 0 radical (unpaired) electrons. The summed E-state index contributed by atoms with van der Waals surface area (Å²) < 4.78 is 0. The third kappa shape index (κ3) is 2.30. The van der Waals surface area contributed by atoms with Crippen LogP contribution in [0.25, 0.3) is 0 Å². The molecule has 2 aliphatic carbocycles. The summed E-state index contributed by atoms with van der Waals surface area (Å²) in [6.45, 7) is 8.40. The molecule has 0 aromatic heterocycles. The van der Waals surface area contributed by atoms with Gasteiger partial charge in [0.1, 0.15) is 0 Å². The first kappa shape index (κ1) is 12.4. The molecule has 1 nitrogen and oxygen atoms in total. The standard InChI is InChI=1S/C15H29N/c1-12(2)11-16(4)14-6-9-15(10-7-14)8-5-13(15)3/h12-14H,5-11H2,1-4H3. The van der Waals surface area contributed by atoms with Gasteiger partial charge in [-0.25, -0.2) is 0 Å². The average molecular weight is 223 g/mol. The molecule has 0 aromatic carbocycles. The molecule has 2 fully saturated rings. The molecule has 0 aromatic rings. The first-order chi connectivity index (χ1) is 7.53. The number of nitrogens with zero attached hydrogens (tertiary/aromatic N) is 1. The molecule has 0 bridgehead atoms. The van der Waals surface area contributed by atoms with E-state index >= 15 is 0 Å². The third-order valence-electron chi connectivity index (χ3n) is 5.35. The number of rotatable bonds is 3. The van der Waals surface area contributed by atoms with Crippen LogP contribution in [0.15, 0.2) is 0 Å². The normalized spacial score (nSPS) is 39.4. The lowest BCUT2D eigenvalue weighted by molar-refractivity contribution is -0.0209. The predicted molar refractivity (Wildman–Crippen MR) is 70.6 cm³/mol. The van der Waals surface area contributed by atoms with Crippen molar-refractivity contribution in [1.82, 2.24) is 4.90 Å². The molecule has 2 saturated carbocycles. The Morgan fingerprint density at radius 3 is 2.06 bits per heavy atom. The van der Waals surface area contributed by atoms with Gasteiger partial charge in [0.05, 0.1) is 0 Å². The van der Waals surface area contributed by atoms with Gasteiger partial charge in [0.2, 0.25) is 0 Å². The second kappa shape index (κ2) is 4.68. The zero-order valence-corrected chi connectivity index (χ0v) is 11.6. The van der Waals surface area contributed by atoms with Gasteiger partial charge in [0.15, 0.2) is 0 Å². The van der Waals surface area contributed by atoms with Crippen molar-refractivity contribution < 1.29 is 0 Å². The summed E-state index contributed by atoms with van der Waals surface area (Å²) in [6, 6.07) is 0.876. The van der Waals surface area contributed by atoms with E-state index in [9.17, 15) is 0 Å². The Bertz CT molecular complexity index is 226. The van der Waals surface area contributed by atoms with Gasteiger partial charge in [-0.2, -0.15) is 0 Å². The van der Waals surface area contributed by atoms with Crippen LogP contribution >= 0.6 is 0 Å². The lowest BCUT2D eigenvalue weighted by Crippen LogP contribution is -2.46. The zero-order valence-electron chi connectivity index (χ0n) is 11.6. The van der Waals surface area contributed by atoms with Gasteiger partial charge >= 0.3 is 0 Å². The van der Waals surface area contributed by atoms with Crippen LogP contribution in [-0.4, -0.2) is 24.5 Å². The molecule has 2 aliphatic rings. The Hall–Kier alpha value is -0.0400. The molecule has 1 atom stereocenters. The quantitative estimate of drug-likeness (QED) is 0.700. The Morgan fingerprint density at radius 2 is 1.69 bits per heavy atom. The lowest BCUT2D eigenvalue weighted by atomic mass is 9.54. The van der Waals surface area contributed by atoms with E-state index in [1.807, 2.05) is 0 Å². The summed E-state index contributed by atoms with van der Waals surface area (Å²) in [4.78, 5) is 2.61. The first-order valence-electron chi connectivity index (χ1n) is 7.24. The number of hydrogen-bond acceptors (Lipinski definition) is 1. The summed E-state index contributed by atoms with van der Waals surface area (Å²) in [6.07, 6.45) is 8.92. The SMILES string of the molecule is CC(C)CN(C)C1CCC2(CC1)CCC2C. The third-order valence-corrected chi connectivity index (χ3v) is 5.35. The Balaban J connectivity index is 1.81. The van der Waals surface area contributed by atoms with Gasteiger partial charge in [-0.3, -0.25) is 0 Å². The molecular weight excluding hydrogens is 194 g/mol. The van der Waals surface area contributed by atoms with E-state index in [-0.39, 0.29) is 0 Å². The highest BCUT2D eigenvalue weighted by Crippen LogP contribution is 2.55. The summed E-state index contributed by atoms with van der Waals surface area (Å²) in [7, 11) is 2.33. The average Bonchev–Trinajstić information content (AvgIpc) is 2.26. The Morgan fingerprint density at radius 1 is 1.12 bits per heavy atom. The van der Waals surface area contributed by atoms with Crippen LogP contribution in [0, 0.1) is 17.3 Å². The Labute approximate surface area is 102 Å². The summed E-state index contributed by atoms with van der Waals surface area (Å²) in [5.41, 5.74) is 0.787. The second-order valence-electron chi connectivity index (χ2n) is 6.87. The van der Waals surface area contributed by atoms with Crippen LogP contribution in [0.4, 0.5) is 0 Å². The zero-order chi connectivity index (χ0) is 11.8. The van der Waals surface area contributed by atoms with Crippen LogP contribution < -0.4 is 0 Å². The molecule has 2 rings (SSSR count). The van der Waals surface area contributed by atoms with Gasteiger partial charge in [-0.05, 0) is 62.8 Å². The minimum atomic E-state index is 0.787. The van der Waals surface area contributed by atoms with Crippen molar-refractivity contribution in [2.24, 2.45) is 17.3 Å². The van der Waals surface area contributed by atoms with E-state index in [1.54, 1.807) is 0 Å². The van der Waals surface area contributed by atoms with Crippen molar-refractivity contribution in [1.29, 1.82) is 0 Å². The minimum Gasteiger partial charge on any atom is -0.303 e. The van der Waals surface area contributed by atoms with Crippen molar-refractivity contribution in [3.05, 3.63) is 0 Å². The summed E-state index contributed by atoms with van der Waals surface area (Å²) in [5, 5.41) is 0. The predicted octanol–water partition coefficient (Wildman–Crippen LogP) is 3.93. The molecule has 1 heteroatoms. The monoisotopic (exact) mass is 223 g/mol. The van der Waals surface area contributed by atoms with E-state index in [1.165, 1.54) is 45.1 Å². The topological polar surface area (TPSA) is 3.24 Å². The highest BCUT2D eigenvalue weighted by atomic mass is 15.1. The molecule has 16 heavy (non-hydrogen) atoms. The molecule has 0 amide bonds. The van der Waals surface area contributed by atoms with Crippen molar-refractivity contribution in [3.63, 3.8) is 0 Å². The second-order valence-corrected chi connectivity index (χ2v) is 6.87. The van der Waals surface area contributed by atoms with Crippen LogP contribution in [-0.2, 0) is 0 Å². The highest BCUT2D eigenvalue weighted by molar-refractivity contribution is 4.97. The minimum absolute atomic E-state index is 0.787. The van der Waals surface area contributed by atoms with Crippen molar-refractivity contribution in [2.75, 3.05) is 13.6 Å². The molecule has 1 spiro atoms. The molecule has 0 N–H and O–H groups in total. The highest BCUT2D eigenvalue weighted by Gasteiger charge is 2.46. The van der Waals surface area contributed by atoms with Crippen molar-refractivity contribution in [2.45, 2.75) is 65.3 Å². The molecule has 1 unspecified atom stereocenters. The fraction of sp³-hybridized carbons (Fsp3) is 1.00. The largest absolute Gasteiger partial charge is 0.303 e. The summed E-state index contributed by atoms with van der Waals surface area (Å²) >= 11 is 0. The van der Waals surface area contributed by atoms with Crippen LogP contribution in [0.1, 0.15) is 59.3 Å². The fourth-order valence-electron chi connectivity index (χ4n) is 3.93. The van der Waals surface area contributed by atoms with E-state index < -0.39 is 0 Å². The maximum atomic E-state index is 2.61. The van der Waals surface area contributed by atoms with Crippen LogP contribution in [0.5, 0.6) is 0 Å². The molecule has 0 heterocycles. The van der Waals surface area contributed by atoms with E-state index in [2.05, 4.69) is 32.7 Å². The summed E-state index contributed by atoms with van der Waals surface area (Å²) in [5.74, 6) is 1.83. The van der Waals surface area contributed by atoms with Gasteiger partial charge in [-0.15, -0.1) is 0 Å². The van der Waals surface area contributed by atoms with Gasteiger partial charge in [0, 0.05) is 12.6 Å². The van der Waals surface area contributed by atoms with E-state index in [4.69, 9.17) is 0 Å². The van der Waals surface area contributed by atoms with Crippen molar-refractivity contribution in [3.8, 4) is 0 Å². The molecule has 0 aliphatic heterocycles. The van der Waals surface area contributed by atoms with Gasteiger partial charge < -0.3 is 4.90 Å². The van der Waals surface area contributed by atoms with Gasteiger partial charge in [-0.1, -0.05) is 20.8 Å². The van der Waals surface area contributed by atoms with Gasteiger partial charge in [0.25, 0.3) is 0 Å². The van der Waals surface area contributed by atoms with E-state index in [0.717, 1.165) is 23.3 Å². The molecular formula is C15H29N. The smallest absolute Gasteiger partial charge is 0.00927 e. The van der Waals surface area contributed by atoms with Crippen molar-refractivity contribution >= 4 is 0 Å². The number of hydrogen-bond donors (Lipinski definition) is 0. The van der Waals surface area contributed by atoms with Crippen LogP contribution in [0.3, 0.4) is 0 Å². The Kier molecular flexibility index (Phi) is 3.63. The maximum absolute atomic E-state index is 2.61. The lowest BCUT2D eigenvalue weighted by Gasteiger charge is -2.53. The molecule has 94 valence electrons. The fourth-order valence-corrected chi connectivity index (χ4v) is 3.93. The maximum Gasteiger partial charge on any atom is 0.00927 e. The van der Waals surface area contributed by atoms with E-state index in [0.29, 0.717) is 0 Å². The molecule has 0 saturated heterocycles.